The van der Waals surface area contributed by atoms with Crippen molar-refractivity contribution >= 4 is 5.91 Å². The fourth-order valence-electron chi connectivity index (χ4n) is 1.14. The highest BCUT2D eigenvalue weighted by molar-refractivity contribution is 5.75. The van der Waals surface area contributed by atoms with E-state index in [1.54, 1.807) is 0 Å². The van der Waals surface area contributed by atoms with Crippen LogP contribution in [-0.4, -0.2) is 38.4 Å². The second-order valence-corrected chi connectivity index (χ2v) is 3.74. The van der Waals surface area contributed by atoms with Crippen LogP contribution in [-0.2, 0) is 14.3 Å². The molecule has 1 unspecified atom stereocenters. The summed E-state index contributed by atoms with van der Waals surface area (Å²) in [5, 5.41) is 2.82. The van der Waals surface area contributed by atoms with Crippen molar-refractivity contribution in [3.05, 3.63) is 0 Å². The molecule has 0 spiro atoms. The lowest BCUT2D eigenvalue weighted by molar-refractivity contribution is -0.121. The van der Waals surface area contributed by atoms with E-state index in [1.165, 1.54) is 0 Å². The van der Waals surface area contributed by atoms with E-state index in [0.717, 1.165) is 12.8 Å². The predicted molar refractivity (Wildman–Crippen MR) is 64.4 cm³/mol. The van der Waals surface area contributed by atoms with E-state index in [4.69, 9.17) is 9.47 Å². The Labute approximate surface area is 98.7 Å². The number of nitrogens with one attached hydrogen (secondary N) is 1. The first-order valence-electron chi connectivity index (χ1n) is 6.16. The summed E-state index contributed by atoms with van der Waals surface area (Å²) < 4.78 is 10.6. The van der Waals surface area contributed by atoms with Gasteiger partial charge >= 0.3 is 0 Å². The van der Waals surface area contributed by atoms with Crippen LogP contribution in [0, 0.1) is 0 Å². The quantitative estimate of drug-likeness (QED) is 0.582. The number of hydrogen-bond donors (Lipinski definition) is 1. The van der Waals surface area contributed by atoms with E-state index in [-0.39, 0.29) is 12.0 Å². The molecule has 0 aliphatic rings. The Kier molecular flexibility index (Phi) is 10.5. The molecule has 0 saturated carbocycles. The predicted octanol–water partition coefficient (Wildman–Crippen LogP) is 1.73. The largest absolute Gasteiger partial charge is 0.382 e. The van der Waals surface area contributed by atoms with Gasteiger partial charge in [0.15, 0.2) is 0 Å². The Balaban J connectivity index is 3.24. The number of hydrogen-bond acceptors (Lipinski definition) is 3. The first-order chi connectivity index (χ1) is 7.70. The van der Waals surface area contributed by atoms with Crippen LogP contribution in [0.5, 0.6) is 0 Å². The van der Waals surface area contributed by atoms with Gasteiger partial charge in [0, 0.05) is 26.2 Å². The van der Waals surface area contributed by atoms with Crippen molar-refractivity contribution in [2.75, 3.05) is 26.4 Å². The summed E-state index contributed by atoms with van der Waals surface area (Å²) in [7, 11) is 0. The van der Waals surface area contributed by atoms with E-state index in [2.05, 4.69) is 12.2 Å². The van der Waals surface area contributed by atoms with Crippen molar-refractivity contribution in [1.29, 1.82) is 0 Å². The van der Waals surface area contributed by atoms with Crippen molar-refractivity contribution in [1.82, 2.24) is 5.32 Å². The second kappa shape index (κ2) is 10.9. The topological polar surface area (TPSA) is 47.6 Å². The van der Waals surface area contributed by atoms with Gasteiger partial charge in [-0.2, -0.15) is 0 Å². The van der Waals surface area contributed by atoms with Gasteiger partial charge in [-0.05, 0) is 26.7 Å². The minimum Gasteiger partial charge on any atom is -0.382 e. The third-order valence-electron chi connectivity index (χ3n) is 2.30. The van der Waals surface area contributed by atoms with Gasteiger partial charge in [0.05, 0.1) is 12.7 Å². The molecule has 0 aromatic rings. The van der Waals surface area contributed by atoms with Crippen molar-refractivity contribution in [2.45, 2.75) is 46.1 Å². The molecule has 0 heterocycles. The first kappa shape index (κ1) is 15.4. The first-order valence-corrected chi connectivity index (χ1v) is 6.16. The number of amides is 1. The molecule has 0 aliphatic carbocycles. The van der Waals surface area contributed by atoms with Crippen molar-refractivity contribution in [2.24, 2.45) is 0 Å². The highest BCUT2D eigenvalue weighted by atomic mass is 16.5. The van der Waals surface area contributed by atoms with Gasteiger partial charge in [-0.3, -0.25) is 4.79 Å². The number of ether oxygens (including phenoxy) is 2. The molecule has 0 radical (unpaired) electrons. The van der Waals surface area contributed by atoms with E-state index in [1.807, 2.05) is 13.8 Å². The van der Waals surface area contributed by atoms with Crippen LogP contribution in [0.25, 0.3) is 0 Å². The molecule has 0 aromatic heterocycles. The molecule has 0 bridgehead atoms. The summed E-state index contributed by atoms with van der Waals surface area (Å²) in [4.78, 5) is 11.3. The van der Waals surface area contributed by atoms with Crippen LogP contribution in [0.3, 0.4) is 0 Å². The zero-order chi connectivity index (χ0) is 12.2. The summed E-state index contributed by atoms with van der Waals surface area (Å²) in [6, 6.07) is 0. The number of carbonyl (C=O) groups is 1. The van der Waals surface area contributed by atoms with Gasteiger partial charge in [-0.1, -0.05) is 6.92 Å². The molecule has 0 aromatic carbocycles. The van der Waals surface area contributed by atoms with Gasteiger partial charge in [0.1, 0.15) is 0 Å². The smallest absolute Gasteiger partial charge is 0.220 e. The number of carbonyl (C=O) groups excluding carboxylic acids is 1. The normalized spacial score (nSPS) is 12.4. The Morgan fingerprint density at radius 2 is 2.06 bits per heavy atom. The summed E-state index contributed by atoms with van der Waals surface area (Å²) in [5.41, 5.74) is 0. The van der Waals surface area contributed by atoms with Crippen LogP contribution in [0.2, 0.25) is 0 Å². The Morgan fingerprint density at radius 1 is 1.31 bits per heavy atom. The maximum atomic E-state index is 11.3. The standard InChI is InChI=1S/C12H25NO3/c1-4-11(3)16-10-8-13-12(14)7-6-9-15-5-2/h11H,4-10H2,1-3H3,(H,13,14). The minimum atomic E-state index is 0.0763. The van der Waals surface area contributed by atoms with E-state index in [0.29, 0.717) is 32.8 Å². The summed E-state index contributed by atoms with van der Waals surface area (Å²) >= 11 is 0. The summed E-state index contributed by atoms with van der Waals surface area (Å²) in [6.07, 6.45) is 2.59. The molecule has 0 fully saturated rings. The van der Waals surface area contributed by atoms with Crippen LogP contribution in [0.15, 0.2) is 0 Å². The average Bonchev–Trinajstić information content (AvgIpc) is 2.30. The molecule has 96 valence electrons. The van der Waals surface area contributed by atoms with Crippen LogP contribution in [0.1, 0.15) is 40.0 Å². The maximum Gasteiger partial charge on any atom is 0.220 e. The molecule has 1 atom stereocenters. The van der Waals surface area contributed by atoms with Crippen LogP contribution < -0.4 is 5.32 Å². The van der Waals surface area contributed by atoms with E-state index < -0.39 is 0 Å². The lowest BCUT2D eigenvalue weighted by Gasteiger charge is -2.10. The molecule has 0 rings (SSSR count). The SMILES string of the molecule is CCOCCCC(=O)NCCOC(C)CC. The molecule has 1 N–H and O–H groups in total. The fourth-order valence-corrected chi connectivity index (χ4v) is 1.14. The van der Waals surface area contributed by atoms with Crippen LogP contribution in [0.4, 0.5) is 0 Å². The minimum absolute atomic E-state index is 0.0763. The lowest BCUT2D eigenvalue weighted by Crippen LogP contribution is -2.28. The van der Waals surface area contributed by atoms with Gasteiger partial charge in [-0.25, -0.2) is 0 Å². The van der Waals surface area contributed by atoms with Gasteiger partial charge in [-0.15, -0.1) is 0 Å². The molecule has 4 nitrogen and oxygen atoms in total. The Morgan fingerprint density at radius 3 is 2.69 bits per heavy atom. The third-order valence-corrected chi connectivity index (χ3v) is 2.30. The summed E-state index contributed by atoms with van der Waals surface area (Å²) in [6.45, 7) is 8.62. The second-order valence-electron chi connectivity index (χ2n) is 3.74. The molecule has 0 saturated heterocycles. The average molecular weight is 231 g/mol. The zero-order valence-electron chi connectivity index (χ0n) is 10.8. The molecule has 4 heteroatoms. The van der Waals surface area contributed by atoms with Crippen molar-refractivity contribution in [3.8, 4) is 0 Å². The maximum absolute atomic E-state index is 11.3. The van der Waals surface area contributed by atoms with Gasteiger partial charge in [0.2, 0.25) is 5.91 Å². The Bertz CT molecular complexity index is 174. The van der Waals surface area contributed by atoms with Crippen LogP contribution >= 0.6 is 0 Å². The summed E-state index contributed by atoms with van der Waals surface area (Å²) in [5.74, 6) is 0.0763. The van der Waals surface area contributed by atoms with Crippen molar-refractivity contribution in [3.63, 3.8) is 0 Å². The van der Waals surface area contributed by atoms with E-state index >= 15 is 0 Å². The van der Waals surface area contributed by atoms with E-state index in [9.17, 15) is 4.79 Å². The lowest BCUT2D eigenvalue weighted by atomic mass is 10.3. The van der Waals surface area contributed by atoms with Crippen molar-refractivity contribution < 1.29 is 14.3 Å². The Hall–Kier alpha value is -0.610. The number of rotatable bonds is 10. The molecule has 0 aliphatic heterocycles. The fraction of sp³-hybridized carbons (Fsp3) is 0.917. The zero-order valence-corrected chi connectivity index (χ0v) is 10.8. The highest BCUT2D eigenvalue weighted by Crippen LogP contribution is 1.94. The molecule has 16 heavy (non-hydrogen) atoms. The molecular weight excluding hydrogens is 206 g/mol. The van der Waals surface area contributed by atoms with Gasteiger partial charge < -0.3 is 14.8 Å². The highest BCUT2D eigenvalue weighted by Gasteiger charge is 2.01. The van der Waals surface area contributed by atoms with Gasteiger partial charge in [0.25, 0.3) is 0 Å². The molecule has 1 amide bonds. The third kappa shape index (κ3) is 9.93. The molecular formula is C12H25NO3. The monoisotopic (exact) mass is 231 g/mol.